The summed E-state index contributed by atoms with van der Waals surface area (Å²) in [6.07, 6.45) is 0. The van der Waals surface area contributed by atoms with Crippen molar-refractivity contribution in [1.29, 1.82) is 0 Å². The van der Waals surface area contributed by atoms with Gasteiger partial charge in [0.2, 0.25) is 0 Å². The second kappa shape index (κ2) is 10.0. The lowest BCUT2D eigenvalue weighted by Gasteiger charge is -2.23. The van der Waals surface area contributed by atoms with Gasteiger partial charge in [-0.25, -0.2) is 0 Å². The van der Waals surface area contributed by atoms with Gasteiger partial charge in [-0.2, -0.15) is 8.78 Å². The SMILES string of the molecule is COc1cccc([C@H](CNC(=S)Nc2ccc(OC(F)F)cc2)[NH+](C)C)c1. The Morgan fingerprint density at radius 3 is 2.41 bits per heavy atom. The predicted molar refractivity (Wildman–Crippen MR) is 106 cm³/mol. The second-order valence-electron chi connectivity index (χ2n) is 6.14. The molecule has 0 saturated heterocycles. The minimum Gasteiger partial charge on any atom is -0.497 e. The van der Waals surface area contributed by atoms with E-state index in [2.05, 4.69) is 35.5 Å². The molecule has 0 aliphatic carbocycles. The van der Waals surface area contributed by atoms with Crippen LogP contribution in [0.25, 0.3) is 0 Å². The van der Waals surface area contributed by atoms with Crippen LogP contribution in [-0.2, 0) is 0 Å². The van der Waals surface area contributed by atoms with E-state index in [1.54, 1.807) is 19.2 Å². The molecule has 0 amide bonds. The molecule has 2 rings (SSSR count). The molecular weight excluding hydrogens is 372 g/mol. The van der Waals surface area contributed by atoms with Crippen LogP contribution in [0.4, 0.5) is 14.5 Å². The van der Waals surface area contributed by atoms with Gasteiger partial charge in [0, 0.05) is 11.3 Å². The number of nitrogens with one attached hydrogen (secondary N) is 3. The molecule has 2 aromatic carbocycles. The van der Waals surface area contributed by atoms with Gasteiger partial charge in [0.25, 0.3) is 0 Å². The van der Waals surface area contributed by atoms with E-state index in [-0.39, 0.29) is 11.8 Å². The fourth-order valence-electron chi connectivity index (χ4n) is 2.60. The highest BCUT2D eigenvalue weighted by atomic mass is 32.1. The quantitative estimate of drug-likeness (QED) is 0.599. The molecule has 0 radical (unpaired) electrons. The molecule has 0 aliphatic rings. The number of methoxy groups -OCH3 is 1. The van der Waals surface area contributed by atoms with Crippen molar-refractivity contribution < 1.29 is 23.2 Å². The molecule has 1 atom stereocenters. The Balaban J connectivity index is 1.93. The van der Waals surface area contributed by atoms with E-state index in [4.69, 9.17) is 17.0 Å². The van der Waals surface area contributed by atoms with Gasteiger partial charge < -0.3 is 25.0 Å². The molecule has 0 bridgehead atoms. The summed E-state index contributed by atoms with van der Waals surface area (Å²) in [6, 6.07) is 14.3. The van der Waals surface area contributed by atoms with Crippen molar-refractivity contribution >= 4 is 23.0 Å². The van der Waals surface area contributed by atoms with E-state index in [1.807, 2.05) is 18.2 Å². The maximum Gasteiger partial charge on any atom is 0.387 e. The smallest absolute Gasteiger partial charge is 0.387 e. The molecule has 146 valence electrons. The van der Waals surface area contributed by atoms with Crippen LogP contribution in [0.1, 0.15) is 11.6 Å². The number of halogens is 2. The molecule has 0 fully saturated rings. The first-order valence-electron chi connectivity index (χ1n) is 8.42. The molecule has 27 heavy (non-hydrogen) atoms. The summed E-state index contributed by atoms with van der Waals surface area (Å²) in [5.74, 6) is 0.911. The zero-order valence-electron chi connectivity index (χ0n) is 15.5. The van der Waals surface area contributed by atoms with Crippen LogP contribution in [0.15, 0.2) is 48.5 Å². The largest absolute Gasteiger partial charge is 0.497 e. The minimum absolute atomic E-state index is 0.101. The third kappa shape index (κ3) is 6.65. The standard InChI is InChI=1S/C19H23F2N3O2S/c1-24(2)17(13-5-4-6-16(11-13)25-3)12-22-19(27)23-14-7-9-15(10-8-14)26-18(20)21/h4-11,17-18H,12H2,1-3H3,(H2,22,23,27)/p+1/t17-/m0/s1. The summed E-state index contributed by atoms with van der Waals surface area (Å²) in [7, 11) is 5.79. The highest BCUT2D eigenvalue weighted by Gasteiger charge is 2.18. The van der Waals surface area contributed by atoms with E-state index in [0.717, 1.165) is 11.3 Å². The minimum atomic E-state index is -2.84. The third-order valence-corrected chi connectivity index (χ3v) is 4.24. The fraction of sp³-hybridized carbons (Fsp3) is 0.316. The van der Waals surface area contributed by atoms with Crippen LogP contribution in [-0.4, -0.2) is 39.5 Å². The zero-order chi connectivity index (χ0) is 19.8. The van der Waals surface area contributed by atoms with Crippen molar-refractivity contribution in [3.8, 4) is 11.5 Å². The lowest BCUT2D eigenvalue weighted by Crippen LogP contribution is -3.07. The Hall–Kier alpha value is -2.45. The van der Waals surface area contributed by atoms with Crippen LogP contribution in [0.5, 0.6) is 11.5 Å². The molecule has 0 heterocycles. The highest BCUT2D eigenvalue weighted by Crippen LogP contribution is 2.18. The molecule has 0 aromatic heterocycles. The first-order chi connectivity index (χ1) is 12.9. The Labute approximate surface area is 163 Å². The normalized spacial score (nSPS) is 12.0. The van der Waals surface area contributed by atoms with Crippen molar-refractivity contribution in [2.75, 3.05) is 33.1 Å². The Morgan fingerprint density at radius 1 is 1.11 bits per heavy atom. The summed E-state index contributed by atoms with van der Waals surface area (Å²) >= 11 is 5.33. The number of rotatable bonds is 8. The number of ether oxygens (including phenoxy) is 2. The molecule has 0 unspecified atom stereocenters. The average molecular weight is 396 g/mol. The molecule has 5 nitrogen and oxygen atoms in total. The summed E-state index contributed by atoms with van der Waals surface area (Å²) in [6.45, 7) is -2.22. The molecule has 8 heteroatoms. The van der Waals surface area contributed by atoms with Crippen molar-refractivity contribution in [2.45, 2.75) is 12.7 Å². The summed E-state index contributed by atoms with van der Waals surface area (Å²) in [4.78, 5) is 1.24. The van der Waals surface area contributed by atoms with Crippen molar-refractivity contribution in [1.82, 2.24) is 5.32 Å². The van der Waals surface area contributed by atoms with E-state index < -0.39 is 6.61 Å². The number of hydrogen-bond donors (Lipinski definition) is 3. The van der Waals surface area contributed by atoms with Crippen molar-refractivity contribution in [3.05, 3.63) is 54.1 Å². The zero-order valence-corrected chi connectivity index (χ0v) is 16.3. The van der Waals surface area contributed by atoms with Crippen LogP contribution in [0.3, 0.4) is 0 Å². The van der Waals surface area contributed by atoms with Crippen LogP contribution < -0.4 is 25.0 Å². The van der Waals surface area contributed by atoms with Crippen LogP contribution in [0, 0.1) is 0 Å². The molecule has 0 aliphatic heterocycles. The molecule has 3 N–H and O–H groups in total. The number of hydrogen-bond acceptors (Lipinski definition) is 3. The third-order valence-electron chi connectivity index (χ3n) is 4.00. The molecule has 0 spiro atoms. The second-order valence-corrected chi connectivity index (χ2v) is 6.55. The first kappa shape index (κ1) is 20.9. The summed E-state index contributed by atoms with van der Waals surface area (Å²) in [5, 5.41) is 6.69. The monoisotopic (exact) mass is 396 g/mol. The molecular formula is C19H24F2N3O2S+. The van der Waals surface area contributed by atoms with Gasteiger partial charge in [0.15, 0.2) is 5.11 Å². The number of alkyl halides is 2. The number of likely N-dealkylation sites (N-methyl/N-ethyl adjacent to an activating group) is 1. The lowest BCUT2D eigenvalue weighted by molar-refractivity contribution is -0.890. The maximum absolute atomic E-state index is 12.2. The maximum atomic E-state index is 12.2. The lowest BCUT2D eigenvalue weighted by atomic mass is 10.1. The van der Waals surface area contributed by atoms with E-state index in [1.165, 1.54) is 17.0 Å². The number of benzene rings is 2. The van der Waals surface area contributed by atoms with Crippen LogP contribution >= 0.6 is 12.2 Å². The van der Waals surface area contributed by atoms with E-state index in [9.17, 15) is 8.78 Å². The summed E-state index contributed by atoms with van der Waals surface area (Å²) < 4.78 is 34.0. The van der Waals surface area contributed by atoms with Gasteiger partial charge in [-0.1, -0.05) is 12.1 Å². The average Bonchev–Trinajstić information content (AvgIpc) is 2.63. The Kier molecular flexibility index (Phi) is 7.75. The van der Waals surface area contributed by atoms with E-state index >= 15 is 0 Å². The predicted octanol–water partition coefficient (Wildman–Crippen LogP) is 2.47. The highest BCUT2D eigenvalue weighted by molar-refractivity contribution is 7.80. The summed E-state index contributed by atoms with van der Waals surface area (Å²) in [5.41, 5.74) is 1.82. The number of thiocarbonyl (C=S) groups is 1. The van der Waals surface area contributed by atoms with Gasteiger partial charge in [-0.15, -0.1) is 0 Å². The van der Waals surface area contributed by atoms with Crippen molar-refractivity contribution in [2.24, 2.45) is 0 Å². The van der Waals surface area contributed by atoms with Gasteiger partial charge >= 0.3 is 6.61 Å². The van der Waals surface area contributed by atoms with Crippen LogP contribution in [0.2, 0.25) is 0 Å². The molecule has 0 saturated carbocycles. The number of quaternary nitrogens is 1. The van der Waals surface area contributed by atoms with E-state index in [0.29, 0.717) is 17.3 Å². The Morgan fingerprint density at radius 2 is 1.81 bits per heavy atom. The van der Waals surface area contributed by atoms with Crippen molar-refractivity contribution in [3.63, 3.8) is 0 Å². The number of anilines is 1. The van der Waals surface area contributed by atoms with Gasteiger partial charge in [-0.05, 0) is 48.6 Å². The first-order valence-corrected chi connectivity index (χ1v) is 8.83. The van der Waals surface area contributed by atoms with Gasteiger partial charge in [0.1, 0.15) is 17.5 Å². The Bertz CT molecular complexity index is 742. The topological polar surface area (TPSA) is 47.0 Å². The fourth-order valence-corrected chi connectivity index (χ4v) is 2.80. The molecule has 2 aromatic rings. The van der Waals surface area contributed by atoms with Gasteiger partial charge in [-0.3, -0.25) is 0 Å². The van der Waals surface area contributed by atoms with Gasteiger partial charge in [0.05, 0.1) is 27.7 Å².